The third kappa shape index (κ3) is 3.78. The van der Waals surface area contributed by atoms with Crippen LogP contribution in [0, 0.1) is 5.92 Å². The molecule has 1 atom stereocenters. The van der Waals surface area contributed by atoms with E-state index in [1.807, 2.05) is 0 Å². The van der Waals surface area contributed by atoms with Gasteiger partial charge in [-0.05, 0) is 45.3 Å². The highest BCUT2D eigenvalue weighted by Gasteiger charge is 2.32. The fraction of sp³-hybridized carbons (Fsp3) is 0.647. The molecule has 0 aliphatic carbocycles. The first kappa shape index (κ1) is 17.5. The first-order valence-corrected chi connectivity index (χ1v) is 10.9. The summed E-state index contributed by atoms with van der Waals surface area (Å²) in [5, 5.41) is 4.71. The molecule has 0 amide bonds. The lowest BCUT2D eigenvalue weighted by Crippen LogP contribution is -2.31. The number of hydrogen-bond donors (Lipinski definition) is 0. The molecule has 2 aliphatic rings. The van der Waals surface area contributed by atoms with E-state index in [1.54, 1.807) is 23.3 Å². The summed E-state index contributed by atoms with van der Waals surface area (Å²) in [6.07, 6.45) is 8.58. The minimum atomic E-state index is -3.00. The molecule has 0 unspecified atom stereocenters. The second kappa shape index (κ2) is 7.03. The van der Waals surface area contributed by atoms with Crippen molar-refractivity contribution in [1.29, 1.82) is 0 Å². The molecule has 4 heterocycles. The SMILES string of the molecule is CN1CCC(Cc2nc(-c3cnccn3)n([C@@H]3CCS(=O)(=O)C3)n2)CC1. The average molecular weight is 376 g/mol. The predicted octanol–water partition coefficient (Wildman–Crippen LogP) is 0.979. The lowest BCUT2D eigenvalue weighted by molar-refractivity contribution is 0.217. The summed E-state index contributed by atoms with van der Waals surface area (Å²) in [7, 11) is -0.848. The third-order valence-electron chi connectivity index (χ3n) is 5.33. The van der Waals surface area contributed by atoms with Crippen LogP contribution in [-0.4, -0.2) is 69.7 Å². The molecule has 8 nitrogen and oxygen atoms in total. The first-order chi connectivity index (χ1) is 12.5. The van der Waals surface area contributed by atoms with Crippen molar-refractivity contribution in [3.8, 4) is 11.5 Å². The zero-order valence-electron chi connectivity index (χ0n) is 15.0. The second-order valence-corrected chi connectivity index (χ2v) is 9.62. The molecule has 0 N–H and O–H groups in total. The van der Waals surface area contributed by atoms with Crippen molar-refractivity contribution in [3.63, 3.8) is 0 Å². The molecule has 0 saturated carbocycles. The molecule has 9 heteroatoms. The second-order valence-electron chi connectivity index (χ2n) is 7.39. The lowest BCUT2D eigenvalue weighted by atomic mass is 9.94. The van der Waals surface area contributed by atoms with Crippen LogP contribution in [0.25, 0.3) is 11.5 Å². The van der Waals surface area contributed by atoms with Gasteiger partial charge in [-0.1, -0.05) is 0 Å². The van der Waals surface area contributed by atoms with Gasteiger partial charge in [-0.25, -0.2) is 23.1 Å². The van der Waals surface area contributed by atoms with E-state index >= 15 is 0 Å². The Bertz CT molecular complexity index is 859. The maximum absolute atomic E-state index is 11.9. The maximum atomic E-state index is 11.9. The molecule has 2 aromatic heterocycles. The van der Waals surface area contributed by atoms with Gasteiger partial charge in [0.2, 0.25) is 0 Å². The average Bonchev–Trinajstić information content (AvgIpc) is 3.21. The first-order valence-electron chi connectivity index (χ1n) is 9.11. The topological polar surface area (TPSA) is 93.9 Å². The highest BCUT2D eigenvalue weighted by Crippen LogP contribution is 2.28. The van der Waals surface area contributed by atoms with Crippen molar-refractivity contribution in [2.75, 3.05) is 31.6 Å². The number of nitrogens with zero attached hydrogens (tertiary/aromatic N) is 6. The normalized spacial score (nSPS) is 24.1. The van der Waals surface area contributed by atoms with Gasteiger partial charge in [-0.15, -0.1) is 0 Å². The number of aromatic nitrogens is 5. The molecular formula is C17H24N6O2S. The van der Waals surface area contributed by atoms with E-state index in [9.17, 15) is 8.42 Å². The Labute approximate surface area is 153 Å². The smallest absolute Gasteiger partial charge is 0.178 e. The summed E-state index contributed by atoms with van der Waals surface area (Å²) in [5.74, 6) is 2.32. The molecule has 0 aromatic carbocycles. The van der Waals surface area contributed by atoms with Crippen molar-refractivity contribution in [2.45, 2.75) is 31.7 Å². The minimum Gasteiger partial charge on any atom is -0.306 e. The van der Waals surface area contributed by atoms with Gasteiger partial charge < -0.3 is 4.90 Å². The van der Waals surface area contributed by atoms with Crippen LogP contribution >= 0.6 is 0 Å². The Hall–Kier alpha value is -1.87. The van der Waals surface area contributed by atoms with Gasteiger partial charge in [0, 0.05) is 18.8 Å². The highest BCUT2D eigenvalue weighted by molar-refractivity contribution is 7.91. The molecule has 2 fully saturated rings. The zero-order chi connectivity index (χ0) is 18.1. The zero-order valence-corrected chi connectivity index (χ0v) is 15.8. The molecule has 140 valence electrons. The fourth-order valence-corrected chi connectivity index (χ4v) is 5.48. The minimum absolute atomic E-state index is 0.122. The number of hydrogen-bond acceptors (Lipinski definition) is 7. The molecule has 2 saturated heterocycles. The van der Waals surface area contributed by atoms with Gasteiger partial charge in [0.05, 0.1) is 23.7 Å². The van der Waals surface area contributed by atoms with E-state index in [4.69, 9.17) is 10.1 Å². The van der Waals surface area contributed by atoms with E-state index in [2.05, 4.69) is 21.9 Å². The van der Waals surface area contributed by atoms with Crippen molar-refractivity contribution >= 4 is 9.84 Å². The molecule has 0 spiro atoms. The molecule has 26 heavy (non-hydrogen) atoms. The summed E-state index contributed by atoms with van der Waals surface area (Å²) in [6, 6.07) is -0.171. The van der Waals surface area contributed by atoms with E-state index in [0.717, 1.165) is 38.2 Å². The van der Waals surface area contributed by atoms with Gasteiger partial charge in [0.25, 0.3) is 0 Å². The third-order valence-corrected chi connectivity index (χ3v) is 7.08. The Balaban J connectivity index is 1.62. The Morgan fingerprint density at radius 3 is 2.65 bits per heavy atom. The maximum Gasteiger partial charge on any atom is 0.178 e. The van der Waals surface area contributed by atoms with Crippen LogP contribution in [0.2, 0.25) is 0 Å². The van der Waals surface area contributed by atoms with E-state index in [0.29, 0.717) is 23.9 Å². The van der Waals surface area contributed by atoms with Crippen molar-refractivity contribution in [3.05, 3.63) is 24.4 Å². The molecular weight excluding hydrogens is 352 g/mol. The van der Waals surface area contributed by atoms with Gasteiger partial charge in [0.15, 0.2) is 21.5 Å². The van der Waals surface area contributed by atoms with Crippen LogP contribution in [0.4, 0.5) is 0 Å². The molecule has 0 bridgehead atoms. The predicted molar refractivity (Wildman–Crippen MR) is 97.3 cm³/mol. The van der Waals surface area contributed by atoms with Crippen LogP contribution in [0.15, 0.2) is 18.6 Å². The number of piperidine rings is 1. The number of sulfone groups is 1. The van der Waals surface area contributed by atoms with Crippen LogP contribution < -0.4 is 0 Å². The van der Waals surface area contributed by atoms with Crippen LogP contribution in [-0.2, 0) is 16.3 Å². The van der Waals surface area contributed by atoms with Crippen molar-refractivity contribution in [2.24, 2.45) is 5.92 Å². The molecule has 2 aromatic rings. The van der Waals surface area contributed by atoms with Gasteiger partial charge in [-0.2, -0.15) is 5.10 Å². The summed E-state index contributed by atoms with van der Waals surface area (Å²) in [5.41, 5.74) is 0.638. The lowest BCUT2D eigenvalue weighted by Gasteiger charge is -2.28. The van der Waals surface area contributed by atoms with Crippen LogP contribution in [0.5, 0.6) is 0 Å². The quantitative estimate of drug-likeness (QED) is 0.785. The van der Waals surface area contributed by atoms with E-state index < -0.39 is 9.84 Å². The largest absolute Gasteiger partial charge is 0.306 e. The van der Waals surface area contributed by atoms with Gasteiger partial charge in [0.1, 0.15) is 5.69 Å². The highest BCUT2D eigenvalue weighted by atomic mass is 32.2. The summed E-state index contributed by atoms with van der Waals surface area (Å²) in [4.78, 5) is 15.5. The Morgan fingerprint density at radius 2 is 2.00 bits per heavy atom. The Kier molecular flexibility index (Phi) is 4.74. The van der Waals surface area contributed by atoms with Gasteiger partial charge in [-0.3, -0.25) is 4.98 Å². The van der Waals surface area contributed by atoms with E-state index in [1.165, 1.54) is 0 Å². The monoisotopic (exact) mass is 376 g/mol. The van der Waals surface area contributed by atoms with Crippen molar-refractivity contribution < 1.29 is 8.42 Å². The summed E-state index contributed by atoms with van der Waals surface area (Å²) < 4.78 is 25.6. The Morgan fingerprint density at radius 1 is 1.19 bits per heavy atom. The van der Waals surface area contributed by atoms with Crippen molar-refractivity contribution in [1.82, 2.24) is 29.6 Å². The molecule has 2 aliphatic heterocycles. The molecule has 0 radical (unpaired) electrons. The standard InChI is InChI=1S/C17H24N6O2S/c1-22-7-2-13(3-8-22)10-16-20-17(15-11-18-5-6-19-15)23(21-16)14-4-9-26(24,25)12-14/h5-6,11,13-14H,2-4,7-10,12H2,1H3/t14-/m1/s1. The fourth-order valence-electron chi connectivity index (χ4n) is 3.79. The number of rotatable bonds is 4. The summed E-state index contributed by atoms with van der Waals surface area (Å²) in [6.45, 7) is 2.20. The van der Waals surface area contributed by atoms with Gasteiger partial charge >= 0.3 is 0 Å². The molecule has 4 rings (SSSR count). The van der Waals surface area contributed by atoms with Crippen LogP contribution in [0.3, 0.4) is 0 Å². The van der Waals surface area contributed by atoms with Crippen LogP contribution in [0.1, 0.15) is 31.1 Å². The van der Waals surface area contributed by atoms with E-state index in [-0.39, 0.29) is 17.5 Å². The number of likely N-dealkylation sites (tertiary alicyclic amines) is 1. The summed E-state index contributed by atoms with van der Waals surface area (Å²) >= 11 is 0.